The van der Waals surface area contributed by atoms with Crippen LogP contribution in [0, 0.1) is 0 Å². The fourth-order valence-corrected chi connectivity index (χ4v) is 5.88. The maximum Gasteiger partial charge on any atom is 0.418 e. The van der Waals surface area contributed by atoms with Gasteiger partial charge in [0.25, 0.3) is 10.0 Å². The Kier molecular flexibility index (Phi) is 13.1. The Balaban J connectivity index is 0.000000419. The molecule has 266 valence electrons. The predicted octanol–water partition coefficient (Wildman–Crippen LogP) is 6.62. The summed E-state index contributed by atoms with van der Waals surface area (Å²) in [6, 6.07) is 9.69. The van der Waals surface area contributed by atoms with Crippen LogP contribution in [-0.4, -0.2) is 45.4 Å². The largest absolute Gasteiger partial charge is 0.418 e. The quantitative estimate of drug-likeness (QED) is 0.161. The molecular formula is C29H32ClF6N3O7S2. The van der Waals surface area contributed by atoms with E-state index in [0.29, 0.717) is 34.0 Å². The molecule has 0 bridgehead atoms. The first-order valence-electron chi connectivity index (χ1n) is 13.6. The summed E-state index contributed by atoms with van der Waals surface area (Å²) in [6.45, 7) is 7.53. The average molecular weight is 748 g/mol. The number of rotatable bonds is 8. The van der Waals surface area contributed by atoms with Gasteiger partial charge in [-0.2, -0.15) is 26.3 Å². The summed E-state index contributed by atoms with van der Waals surface area (Å²) in [5.41, 5.74) is 0.572. The number of anilines is 1. The first-order valence-corrected chi connectivity index (χ1v) is 17.1. The number of carbonyl (C=O) groups is 1. The molecule has 2 atom stereocenters. The van der Waals surface area contributed by atoms with Crippen LogP contribution in [0.25, 0.3) is 0 Å². The molecule has 0 heterocycles. The Hall–Kier alpha value is -3.42. The molecule has 19 heteroatoms. The second-order valence-electron chi connectivity index (χ2n) is 10.9. The van der Waals surface area contributed by atoms with Crippen molar-refractivity contribution in [2.45, 2.75) is 73.9 Å². The van der Waals surface area contributed by atoms with Crippen LogP contribution in [0.15, 0.2) is 70.5 Å². The van der Waals surface area contributed by atoms with Crippen molar-refractivity contribution in [3.05, 3.63) is 87.9 Å². The number of aliphatic hydroxyl groups is 2. The molecule has 0 fully saturated rings. The van der Waals surface area contributed by atoms with Gasteiger partial charge in [0.05, 0.1) is 9.79 Å². The number of amides is 2. The minimum absolute atomic E-state index is 0.0429. The van der Waals surface area contributed by atoms with Gasteiger partial charge in [-0.25, -0.2) is 31.5 Å². The minimum Gasteiger partial charge on any atom is -0.379 e. The monoisotopic (exact) mass is 747 g/mol. The van der Waals surface area contributed by atoms with E-state index in [1.807, 2.05) is 27.7 Å². The smallest absolute Gasteiger partial charge is 0.379 e. The molecule has 2 unspecified atom stereocenters. The first-order chi connectivity index (χ1) is 21.8. The van der Waals surface area contributed by atoms with Crippen LogP contribution in [0.5, 0.6) is 0 Å². The molecule has 0 radical (unpaired) electrons. The Morgan fingerprint density at radius 2 is 1.15 bits per heavy atom. The van der Waals surface area contributed by atoms with Crippen LogP contribution >= 0.6 is 11.6 Å². The molecular weight excluding hydrogens is 716 g/mol. The summed E-state index contributed by atoms with van der Waals surface area (Å²) in [5.74, 6) is -0.0858. The Labute approximate surface area is 278 Å². The van der Waals surface area contributed by atoms with Gasteiger partial charge < -0.3 is 15.5 Å². The highest BCUT2D eigenvalue weighted by molar-refractivity contribution is 7.90. The van der Waals surface area contributed by atoms with Crippen molar-refractivity contribution in [2.75, 3.05) is 5.32 Å². The number of aliphatic hydroxyl groups excluding tert-OH is 2. The average Bonchev–Trinajstić information content (AvgIpc) is 2.95. The van der Waals surface area contributed by atoms with Crippen LogP contribution in [-0.2, 0) is 20.0 Å². The third-order valence-corrected chi connectivity index (χ3v) is 8.94. The number of carbonyl (C=O) groups excluding carboxylic acids is 1. The molecule has 6 N–H and O–H groups in total. The van der Waals surface area contributed by atoms with Crippen molar-refractivity contribution >= 4 is 43.4 Å². The molecule has 0 saturated heterocycles. The standard InChI is InChI=1S/C21H24ClF3N2O4S.C8H8F3NO3S/c1-11(2)16-9-14(22)10-17(12(3)4)18(16)26-20(29)27-32(30,31)15-7-5-6-13(8-15)19(28)21(23,24)25;9-8(10,11)7(13)5-2-1-3-6(4-5)16(12,14)15/h5-12,19,28H,1-4H3,(H2,26,27,29);1-4,7,13H,(H2,12,14,15). The summed E-state index contributed by atoms with van der Waals surface area (Å²) in [5, 5.41) is 26.0. The molecule has 3 aromatic rings. The summed E-state index contributed by atoms with van der Waals surface area (Å²) in [6.07, 6.45) is -15.4. The van der Waals surface area contributed by atoms with E-state index in [0.717, 1.165) is 36.4 Å². The van der Waals surface area contributed by atoms with E-state index < -0.39 is 71.6 Å². The lowest BCUT2D eigenvalue weighted by Crippen LogP contribution is -2.35. The van der Waals surface area contributed by atoms with Crippen molar-refractivity contribution in [3.8, 4) is 0 Å². The van der Waals surface area contributed by atoms with Gasteiger partial charge in [0.1, 0.15) is 0 Å². The third kappa shape index (κ3) is 11.1. The topological polar surface area (TPSA) is 176 Å². The lowest BCUT2D eigenvalue weighted by Gasteiger charge is -2.21. The zero-order chi connectivity index (χ0) is 37.0. The van der Waals surface area contributed by atoms with Crippen molar-refractivity contribution in [2.24, 2.45) is 5.14 Å². The molecule has 10 nitrogen and oxygen atoms in total. The van der Waals surface area contributed by atoms with Gasteiger partial charge in [-0.3, -0.25) is 0 Å². The number of hydrogen-bond acceptors (Lipinski definition) is 7. The van der Waals surface area contributed by atoms with Crippen LogP contribution in [0.3, 0.4) is 0 Å². The van der Waals surface area contributed by atoms with Crippen molar-refractivity contribution in [1.29, 1.82) is 0 Å². The third-order valence-electron chi connectivity index (χ3n) is 6.48. The highest BCUT2D eigenvalue weighted by atomic mass is 35.5. The SMILES string of the molecule is CC(C)c1cc(Cl)cc(C(C)C)c1NC(=O)NS(=O)(=O)c1cccc(C(O)C(F)(F)F)c1.NS(=O)(=O)c1cccc(C(O)C(F)(F)F)c1. The number of nitrogens with two attached hydrogens (primary N) is 1. The number of primary sulfonamides is 1. The van der Waals surface area contributed by atoms with E-state index in [1.54, 1.807) is 16.9 Å². The maximum absolute atomic E-state index is 12.8. The molecule has 0 aromatic heterocycles. The molecule has 3 aromatic carbocycles. The van der Waals surface area contributed by atoms with Gasteiger partial charge in [0, 0.05) is 10.7 Å². The second kappa shape index (κ2) is 15.4. The molecule has 2 amide bonds. The second-order valence-corrected chi connectivity index (χ2v) is 14.6. The van der Waals surface area contributed by atoms with Crippen molar-refractivity contribution in [1.82, 2.24) is 4.72 Å². The Morgan fingerprint density at radius 3 is 1.52 bits per heavy atom. The zero-order valence-electron chi connectivity index (χ0n) is 25.6. The van der Waals surface area contributed by atoms with Crippen LogP contribution in [0.1, 0.15) is 74.0 Å². The normalized spacial score (nSPS) is 13.8. The predicted molar refractivity (Wildman–Crippen MR) is 165 cm³/mol. The van der Waals surface area contributed by atoms with Gasteiger partial charge in [-0.15, -0.1) is 0 Å². The number of sulfonamides is 2. The Bertz CT molecular complexity index is 1810. The van der Waals surface area contributed by atoms with E-state index in [4.69, 9.17) is 21.8 Å². The van der Waals surface area contributed by atoms with E-state index in [-0.39, 0.29) is 11.8 Å². The van der Waals surface area contributed by atoms with Gasteiger partial charge in [-0.1, -0.05) is 63.6 Å². The van der Waals surface area contributed by atoms with E-state index >= 15 is 0 Å². The zero-order valence-corrected chi connectivity index (χ0v) is 27.9. The first kappa shape index (κ1) is 40.8. The minimum atomic E-state index is -4.97. The maximum atomic E-state index is 12.8. The van der Waals surface area contributed by atoms with Crippen molar-refractivity contribution in [3.63, 3.8) is 0 Å². The van der Waals surface area contributed by atoms with Crippen LogP contribution in [0.2, 0.25) is 5.02 Å². The molecule has 0 spiro atoms. The van der Waals surface area contributed by atoms with Crippen molar-refractivity contribution < 1.29 is 58.2 Å². The molecule has 48 heavy (non-hydrogen) atoms. The molecule has 0 aliphatic heterocycles. The number of benzene rings is 3. The van der Waals surface area contributed by atoms with Gasteiger partial charge in [-0.05, 0) is 70.5 Å². The van der Waals surface area contributed by atoms with E-state index in [1.165, 1.54) is 0 Å². The molecule has 3 rings (SSSR count). The number of alkyl halides is 6. The highest BCUT2D eigenvalue weighted by Crippen LogP contribution is 2.36. The summed E-state index contributed by atoms with van der Waals surface area (Å²) in [4.78, 5) is 11.5. The number of halogens is 7. The number of urea groups is 1. The fourth-order valence-electron chi connectivity index (χ4n) is 4.12. The lowest BCUT2D eigenvalue weighted by atomic mass is 9.92. The van der Waals surface area contributed by atoms with Gasteiger partial charge in [0.15, 0.2) is 12.2 Å². The van der Waals surface area contributed by atoms with Gasteiger partial charge in [0.2, 0.25) is 10.0 Å². The van der Waals surface area contributed by atoms with E-state index in [9.17, 15) is 53.1 Å². The summed E-state index contributed by atoms with van der Waals surface area (Å²) in [7, 11) is -8.60. The number of hydrogen-bond donors (Lipinski definition) is 5. The van der Waals surface area contributed by atoms with E-state index in [2.05, 4.69) is 5.32 Å². The molecule has 0 saturated carbocycles. The van der Waals surface area contributed by atoms with Crippen LogP contribution < -0.4 is 15.2 Å². The lowest BCUT2D eigenvalue weighted by molar-refractivity contribution is -0.207. The Morgan fingerprint density at radius 1 is 0.750 bits per heavy atom. The number of nitrogens with one attached hydrogen (secondary N) is 2. The fraction of sp³-hybridized carbons (Fsp3) is 0.345. The molecule has 0 aliphatic carbocycles. The highest BCUT2D eigenvalue weighted by Gasteiger charge is 2.40. The summed E-state index contributed by atoms with van der Waals surface area (Å²) < 4.78 is 123. The molecule has 0 aliphatic rings. The van der Waals surface area contributed by atoms with Gasteiger partial charge >= 0.3 is 18.4 Å². The van der Waals surface area contributed by atoms with Crippen LogP contribution in [0.4, 0.5) is 36.8 Å². The summed E-state index contributed by atoms with van der Waals surface area (Å²) >= 11 is 6.18.